The first-order chi connectivity index (χ1) is 8.45. The Morgan fingerprint density at radius 3 is 2.00 bits per heavy atom. The van der Waals surface area contributed by atoms with Gasteiger partial charge in [0.1, 0.15) is 5.82 Å². The Morgan fingerprint density at radius 1 is 0.889 bits per heavy atom. The second-order valence-corrected chi connectivity index (χ2v) is 4.88. The third kappa shape index (κ3) is 3.02. The SMILES string of the molecule is O=C(Cl)c1cc(F)cc(-c2cc(Cl)cc(Cl)c2)c1. The van der Waals surface area contributed by atoms with Gasteiger partial charge in [0.25, 0.3) is 5.24 Å². The van der Waals surface area contributed by atoms with Crippen molar-refractivity contribution in [1.82, 2.24) is 0 Å². The Morgan fingerprint density at radius 2 is 1.44 bits per heavy atom. The van der Waals surface area contributed by atoms with Crippen LogP contribution in [-0.4, -0.2) is 5.24 Å². The smallest absolute Gasteiger partial charge is 0.252 e. The minimum Gasteiger partial charge on any atom is -0.276 e. The van der Waals surface area contributed by atoms with Crippen LogP contribution >= 0.6 is 34.8 Å². The van der Waals surface area contributed by atoms with Gasteiger partial charge in [-0.3, -0.25) is 4.79 Å². The molecule has 0 unspecified atom stereocenters. The quantitative estimate of drug-likeness (QED) is 0.699. The zero-order valence-corrected chi connectivity index (χ0v) is 11.2. The van der Waals surface area contributed by atoms with Gasteiger partial charge in [-0.05, 0) is 59.1 Å². The zero-order valence-electron chi connectivity index (χ0n) is 8.88. The monoisotopic (exact) mass is 302 g/mol. The molecule has 0 N–H and O–H groups in total. The van der Waals surface area contributed by atoms with Crippen LogP contribution in [0.5, 0.6) is 0 Å². The average Bonchev–Trinajstić information content (AvgIpc) is 2.26. The number of hydrogen-bond donors (Lipinski definition) is 0. The Hall–Kier alpha value is -1.09. The van der Waals surface area contributed by atoms with Gasteiger partial charge >= 0.3 is 0 Å². The molecule has 0 aliphatic heterocycles. The van der Waals surface area contributed by atoms with E-state index in [0.29, 0.717) is 21.2 Å². The summed E-state index contributed by atoms with van der Waals surface area (Å²) in [5.41, 5.74) is 1.19. The topological polar surface area (TPSA) is 17.1 Å². The molecule has 18 heavy (non-hydrogen) atoms. The molecule has 2 rings (SSSR count). The van der Waals surface area contributed by atoms with Gasteiger partial charge in [0.05, 0.1) is 0 Å². The van der Waals surface area contributed by atoms with Crippen LogP contribution in [-0.2, 0) is 0 Å². The van der Waals surface area contributed by atoms with Crippen molar-refractivity contribution in [3.63, 3.8) is 0 Å². The molecule has 0 spiro atoms. The van der Waals surface area contributed by atoms with E-state index in [1.807, 2.05) is 0 Å². The predicted octanol–water partition coefficient (Wildman–Crippen LogP) is 5.18. The molecule has 0 saturated carbocycles. The summed E-state index contributed by atoms with van der Waals surface area (Å²) in [5.74, 6) is -0.549. The summed E-state index contributed by atoms with van der Waals surface area (Å²) in [5, 5.41) is 0.143. The molecule has 0 aromatic heterocycles. The molecule has 0 aliphatic rings. The van der Waals surface area contributed by atoms with Crippen molar-refractivity contribution in [3.05, 3.63) is 57.8 Å². The molecule has 0 aliphatic carbocycles. The lowest BCUT2D eigenvalue weighted by Gasteiger charge is -2.05. The molecule has 0 radical (unpaired) electrons. The second kappa shape index (κ2) is 5.27. The highest BCUT2D eigenvalue weighted by molar-refractivity contribution is 6.67. The first kappa shape index (κ1) is 13.3. The van der Waals surface area contributed by atoms with E-state index in [-0.39, 0.29) is 5.56 Å². The van der Waals surface area contributed by atoms with E-state index in [1.165, 1.54) is 12.1 Å². The first-order valence-corrected chi connectivity index (χ1v) is 6.06. The second-order valence-electron chi connectivity index (χ2n) is 3.66. The fourth-order valence-electron chi connectivity index (χ4n) is 1.59. The summed E-state index contributed by atoms with van der Waals surface area (Å²) in [6, 6.07) is 8.67. The molecular weight excluding hydrogens is 297 g/mol. The Bertz CT molecular complexity index is 605. The molecule has 2 aromatic carbocycles. The summed E-state index contributed by atoms with van der Waals surface area (Å²) in [6.45, 7) is 0. The van der Waals surface area contributed by atoms with Crippen LogP contribution in [0, 0.1) is 5.82 Å². The largest absolute Gasteiger partial charge is 0.276 e. The van der Waals surface area contributed by atoms with Crippen molar-refractivity contribution >= 4 is 40.0 Å². The Labute approximate surface area is 118 Å². The molecule has 5 heteroatoms. The molecule has 2 aromatic rings. The molecule has 0 fully saturated rings. The molecule has 0 bridgehead atoms. The highest BCUT2D eigenvalue weighted by atomic mass is 35.5. The van der Waals surface area contributed by atoms with Crippen LogP contribution < -0.4 is 0 Å². The molecule has 0 atom stereocenters. The van der Waals surface area contributed by atoms with Crippen molar-refractivity contribution in [2.24, 2.45) is 0 Å². The van der Waals surface area contributed by atoms with Gasteiger partial charge in [0.15, 0.2) is 0 Å². The highest BCUT2D eigenvalue weighted by Gasteiger charge is 2.09. The summed E-state index contributed by atoms with van der Waals surface area (Å²) < 4.78 is 13.4. The van der Waals surface area contributed by atoms with Crippen LogP contribution in [0.1, 0.15) is 10.4 Å². The molecule has 0 heterocycles. The fraction of sp³-hybridized carbons (Fsp3) is 0. The summed E-state index contributed by atoms with van der Waals surface area (Å²) in [4.78, 5) is 11.1. The van der Waals surface area contributed by atoms with Crippen LogP contribution in [0.25, 0.3) is 11.1 Å². The van der Waals surface area contributed by atoms with E-state index in [9.17, 15) is 9.18 Å². The molecule has 0 saturated heterocycles. The lowest BCUT2D eigenvalue weighted by molar-refractivity contribution is 0.108. The number of hydrogen-bond acceptors (Lipinski definition) is 1. The van der Waals surface area contributed by atoms with Gasteiger partial charge in [-0.15, -0.1) is 0 Å². The predicted molar refractivity (Wildman–Crippen MR) is 72.0 cm³/mol. The van der Waals surface area contributed by atoms with Gasteiger partial charge in [-0.1, -0.05) is 23.2 Å². The summed E-state index contributed by atoms with van der Waals surface area (Å²) >= 11 is 17.1. The Balaban J connectivity index is 2.59. The average molecular weight is 304 g/mol. The van der Waals surface area contributed by atoms with E-state index in [0.717, 1.165) is 6.07 Å². The maximum Gasteiger partial charge on any atom is 0.252 e. The van der Waals surface area contributed by atoms with E-state index in [4.69, 9.17) is 34.8 Å². The van der Waals surface area contributed by atoms with E-state index >= 15 is 0 Å². The van der Waals surface area contributed by atoms with E-state index in [1.54, 1.807) is 18.2 Å². The normalized spacial score (nSPS) is 10.4. The molecule has 0 amide bonds. The van der Waals surface area contributed by atoms with E-state index < -0.39 is 11.1 Å². The summed E-state index contributed by atoms with van der Waals surface area (Å²) in [7, 11) is 0. The van der Waals surface area contributed by atoms with Gasteiger partial charge < -0.3 is 0 Å². The zero-order chi connectivity index (χ0) is 13.3. The molecule has 1 nitrogen and oxygen atoms in total. The van der Waals surface area contributed by atoms with Crippen molar-refractivity contribution in [3.8, 4) is 11.1 Å². The lowest BCUT2D eigenvalue weighted by Crippen LogP contribution is -1.92. The van der Waals surface area contributed by atoms with Crippen molar-refractivity contribution in [2.75, 3.05) is 0 Å². The fourth-order valence-corrected chi connectivity index (χ4v) is 2.23. The van der Waals surface area contributed by atoms with Crippen LogP contribution in [0.3, 0.4) is 0 Å². The Kier molecular flexibility index (Phi) is 3.91. The maximum atomic E-state index is 13.4. The summed E-state index contributed by atoms with van der Waals surface area (Å²) in [6.07, 6.45) is 0. The van der Waals surface area contributed by atoms with E-state index in [2.05, 4.69) is 0 Å². The third-order valence-electron chi connectivity index (χ3n) is 2.32. The first-order valence-electron chi connectivity index (χ1n) is 4.92. The van der Waals surface area contributed by atoms with Crippen molar-refractivity contribution in [1.29, 1.82) is 0 Å². The maximum absolute atomic E-state index is 13.4. The van der Waals surface area contributed by atoms with Crippen LogP contribution in [0.2, 0.25) is 10.0 Å². The highest BCUT2D eigenvalue weighted by Crippen LogP contribution is 2.28. The van der Waals surface area contributed by atoms with Crippen molar-refractivity contribution in [2.45, 2.75) is 0 Å². The van der Waals surface area contributed by atoms with Crippen LogP contribution in [0.15, 0.2) is 36.4 Å². The number of halogens is 4. The standard InChI is InChI=1S/C13H6Cl3FO/c14-10-2-8(3-11(15)6-10)7-1-9(13(16)18)5-12(17)4-7/h1-6H. The number of carbonyl (C=O) groups is 1. The third-order valence-corrected chi connectivity index (χ3v) is 2.98. The van der Waals surface area contributed by atoms with Gasteiger partial charge in [-0.2, -0.15) is 0 Å². The minimum atomic E-state index is -0.719. The van der Waals surface area contributed by atoms with Gasteiger partial charge in [-0.25, -0.2) is 4.39 Å². The minimum absolute atomic E-state index is 0.0859. The lowest BCUT2D eigenvalue weighted by atomic mass is 10.0. The molecular formula is C13H6Cl3FO. The number of rotatable bonds is 2. The number of carbonyl (C=O) groups excluding carboxylic acids is 1. The number of benzene rings is 2. The van der Waals surface area contributed by atoms with Gasteiger partial charge in [0, 0.05) is 15.6 Å². The van der Waals surface area contributed by atoms with Crippen molar-refractivity contribution < 1.29 is 9.18 Å². The van der Waals surface area contributed by atoms with Gasteiger partial charge in [0.2, 0.25) is 0 Å². The van der Waals surface area contributed by atoms with Crippen LogP contribution in [0.4, 0.5) is 4.39 Å². The molecule has 92 valence electrons.